The fourth-order valence-electron chi connectivity index (χ4n) is 2.53. The van der Waals surface area contributed by atoms with Crippen molar-refractivity contribution in [3.63, 3.8) is 0 Å². The van der Waals surface area contributed by atoms with Gasteiger partial charge in [-0.1, -0.05) is 6.07 Å². The second kappa shape index (κ2) is 5.51. The highest BCUT2D eigenvalue weighted by atomic mass is 16.3. The van der Waals surface area contributed by atoms with Gasteiger partial charge in [-0.25, -0.2) is 0 Å². The molecule has 2 heterocycles. The van der Waals surface area contributed by atoms with E-state index < -0.39 is 11.7 Å². The van der Waals surface area contributed by atoms with Gasteiger partial charge in [0.2, 0.25) is 0 Å². The van der Waals surface area contributed by atoms with Gasteiger partial charge in [-0.2, -0.15) is 0 Å². The quantitative estimate of drug-likeness (QED) is 0.828. The lowest BCUT2D eigenvalue weighted by atomic mass is 9.90. The summed E-state index contributed by atoms with van der Waals surface area (Å²) >= 11 is 0. The molecule has 0 aliphatic carbocycles. The lowest BCUT2D eigenvalue weighted by Gasteiger charge is -2.39. The van der Waals surface area contributed by atoms with E-state index in [0.717, 1.165) is 5.69 Å². The number of aromatic nitrogens is 3. The number of aliphatic hydroxyl groups is 2. The molecule has 116 valence electrons. The number of benzene rings is 1. The number of β-amino-alcohol motifs (C(OH)–C–C–N with tert-alkyl or cyclic N) is 1. The van der Waals surface area contributed by atoms with Gasteiger partial charge in [-0.15, -0.1) is 10.2 Å². The zero-order chi connectivity index (χ0) is 15.7. The van der Waals surface area contributed by atoms with Gasteiger partial charge in [0.1, 0.15) is 12.7 Å². The highest BCUT2D eigenvalue weighted by molar-refractivity contribution is 5.94. The summed E-state index contributed by atoms with van der Waals surface area (Å²) < 4.78 is 1.71. The van der Waals surface area contributed by atoms with Gasteiger partial charge in [-0.3, -0.25) is 9.36 Å². The van der Waals surface area contributed by atoms with Crippen LogP contribution in [0.15, 0.2) is 36.9 Å². The monoisotopic (exact) mass is 302 g/mol. The minimum Gasteiger partial charge on any atom is -0.388 e. The number of carbonyl (C=O) groups excluding carboxylic acids is 1. The first-order chi connectivity index (χ1) is 10.5. The summed E-state index contributed by atoms with van der Waals surface area (Å²) in [5.41, 5.74) is 0.182. The number of nitrogens with zero attached hydrogens (tertiary/aromatic N) is 4. The smallest absolute Gasteiger partial charge is 0.254 e. The topological polar surface area (TPSA) is 91.5 Å². The van der Waals surface area contributed by atoms with Gasteiger partial charge in [-0.05, 0) is 31.5 Å². The first-order valence-corrected chi connectivity index (χ1v) is 7.12. The van der Waals surface area contributed by atoms with E-state index in [9.17, 15) is 15.0 Å². The van der Waals surface area contributed by atoms with E-state index in [1.165, 1.54) is 0 Å². The van der Waals surface area contributed by atoms with Crippen molar-refractivity contribution in [2.75, 3.05) is 13.1 Å². The molecule has 1 fully saturated rings. The molecule has 2 atom stereocenters. The summed E-state index contributed by atoms with van der Waals surface area (Å²) in [4.78, 5) is 14.1. The molecule has 1 aromatic heterocycles. The molecular formula is C15H18N4O3. The van der Waals surface area contributed by atoms with Crippen LogP contribution in [0, 0.1) is 0 Å². The molecule has 0 saturated carbocycles. The number of hydrogen-bond donors (Lipinski definition) is 2. The third-order valence-corrected chi connectivity index (χ3v) is 4.10. The van der Waals surface area contributed by atoms with Gasteiger partial charge in [0.05, 0.1) is 11.7 Å². The third-order valence-electron chi connectivity index (χ3n) is 4.10. The molecule has 0 spiro atoms. The van der Waals surface area contributed by atoms with Crippen LogP contribution >= 0.6 is 0 Å². The Labute approximate surface area is 127 Å². The normalized spacial score (nSPS) is 25.2. The molecule has 1 aliphatic heterocycles. The average molecular weight is 302 g/mol. The average Bonchev–Trinajstić information content (AvgIpc) is 3.04. The third kappa shape index (κ3) is 2.72. The van der Waals surface area contributed by atoms with Crippen molar-refractivity contribution in [3.8, 4) is 5.69 Å². The van der Waals surface area contributed by atoms with Crippen LogP contribution in [-0.4, -0.2) is 60.6 Å². The Morgan fingerprint density at radius 3 is 2.77 bits per heavy atom. The molecule has 2 N–H and O–H groups in total. The fourth-order valence-corrected chi connectivity index (χ4v) is 2.53. The van der Waals surface area contributed by atoms with Gasteiger partial charge in [0.25, 0.3) is 5.91 Å². The van der Waals surface area contributed by atoms with E-state index in [-0.39, 0.29) is 12.5 Å². The number of amides is 1. The van der Waals surface area contributed by atoms with Crippen LogP contribution < -0.4 is 0 Å². The molecular weight excluding hydrogens is 284 g/mol. The van der Waals surface area contributed by atoms with E-state index in [0.29, 0.717) is 18.5 Å². The number of aliphatic hydroxyl groups excluding tert-OH is 1. The lowest BCUT2D eigenvalue weighted by molar-refractivity contribution is -0.0999. The van der Waals surface area contributed by atoms with Crippen LogP contribution in [0.4, 0.5) is 0 Å². The minimum absolute atomic E-state index is 0.128. The number of likely N-dealkylation sites (tertiary alicyclic amines) is 1. The Kier molecular flexibility index (Phi) is 3.67. The fraction of sp³-hybridized carbons (Fsp3) is 0.400. The predicted octanol–water partition coefficient (Wildman–Crippen LogP) is 0.225. The van der Waals surface area contributed by atoms with Crippen molar-refractivity contribution < 1.29 is 15.0 Å². The molecule has 1 amide bonds. The molecule has 0 radical (unpaired) electrons. The van der Waals surface area contributed by atoms with Crippen molar-refractivity contribution >= 4 is 5.91 Å². The number of piperidine rings is 1. The van der Waals surface area contributed by atoms with Crippen molar-refractivity contribution in [2.45, 2.75) is 25.0 Å². The van der Waals surface area contributed by atoms with Crippen molar-refractivity contribution in [2.24, 2.45) is 0 Å². The largest absolute Gasteiger partial charge is 0.388 e. The standard InChI is InChI=1S/C15H18N4O3/c1-15(22)5-6-18(8-13(15)20)14(21)11-3-2-4-12(7-11)19-9-16-17-10-19/h2-4,7,9-10,13,20,22H,5-6,8H2,1H3/t13-,15-/m0/s1. The number of hydrogen-bond acceptors (Lipinski definition) is 5. The molecule has 1 saturated heterocycles. The lowest BCUT2D eigenvalue weighted by Crippen LogP contribution is -2.55. The molecule has 0 bridgehead atoms. The molecule has 1 aliphatic rings. The Hall–Kier alpha value is -2.25. The second-order valence-corrected chi connectivity index (χ2v) is 5.79. The molecule has 22 heavy (non-hydrogen) atoms. The Balaban J connectivity index is 1.80. The Bertz CT molecular complexity index is 669. The molecule has 0 unspecified atom stereocenters. The van der Waals surface area contributed by atoms with E-state index in [1.54, 1.807) is 47.2 Å². The molecule has 3 rings (SSSR count). The predicted molar refractivity (Wildman–Crippen MR) is 78.5 cm³/mol. The van der Waals surface area contributed by atoms with Gasteiger partial charge >= 0.3 is 0 Å². The summed E-state index contributed by atoms with van der Waals surface area (Å²) in [6.45, 7) is 2.13. The molecule has 2 aromatic rings. The van der Waals surface area contributed by atoms with E-state index in [4.69, 9.17) is 0 Å². The first-order valence-electron chi connectivity index (χ1n) is 7.12. The maximum atomic E-state index is 12.6. The van der Waals surface area contributed by atoms with Crippen molar-refractivity contribution in [3.05, 3.63) is 42.5 Å². The zero-order valence-electron chi connectivity index (χ0n) is 12.3. The molecule has 1 aromatic carbocycles. The maximum Gasteiger partial charge on any atom is 0.254 e. The second-order valence-electron chi connectivity index (χ2n) is 5.79. The summed E-state index contributed by atoms with van der Waals surface area (Å²) in [5, 5.41) is 27.4. The highest BCUT2D eigenvalue weighted by Crippen LogP contribution is 2.23. The Morgan fingerprint density at radius 2 is 2.09 bits per heavy atom. The van der Waals surface area contributed by atoms with Gasteiger partial charge in [0, 0.05) is 24.3 Å². The van der Waals surface area contributed by atoms with Gasteiger partial charge < -0.3 is 15.1 Å². The van der Waals surface area contributed by atoms with E-state index >= 15 is 0 Å². The van der Waals surface area contributed by atoms with Crippen LogP contribution in [0.25, 0.3) is 5.69 Å². The summed E-state index contributed by atoms with van der Waals surface area (Å²) in [6.07, 6.45) is 2.54. The SMILES string of the molecule is C[C@]1(O)CCN(C(=O)c2cccc(-n3cnnc3)c2)C[C@@H]1O. The number of rotatable bonds is 2. The Morgan fingerprint density at radius 1 is 1.36 bits per heavy atom. The summed E-state index contributed by atoms with van der Waals surface area (Å²) in [5.74, 6) is -0.163. The first kappa shape index (κ1) is 14.7. The van der Waals surface area contributed by atoms with E-state index in [1.807, 2.05) is 6.07 Å². The summed E-state index contributed by atoms with van der Waals surface area (Å²) in [7, 11) is 0. The minimum atomic E-state index is -1.14. The van der Waals surface area contributed by atoms with Crippen LogP contribution in [0.3, 0.4) is 0 Å². The highest BCUT2D eigenvalue weighted by Gasteiger charge is 2.38. The van der Waals surface area contributed by atoms with E-state index in [2.05, 4.69) is 10.2 Å². The van der Waals surface area contributed by atoms with Gasteiger partial charge in [0.15, 0.2) is 0 Å². The maximum absolute atomic E-state index is 12.6. The van der Waals surface area contributed by atoms with Crippen molar-refractivity contribution in [1.82, 2.24) is 19.7 Å². The van der Waals surface area contributed by atoms with Crippen LogP contribution in [0.2, 0.25) is 0 Å². The number of carbonyl (C=O) groups is 1. The zero-order valence-corrected chi connectivity index (χ0v) is 12.3. The molecule has 7 heteroatoms. The summed E-state index contributed by atoms with van der Waals surface area (Å²) in [6, 6.07) is 7.13. The van der Waals surface area contributed by atoms with Crippen molar-refractivity contribution in [1.29, 1.82) is 0 Å². The van der Waals surface area contributed by atoms with Crippen LogP contribution in [0.1, 0.15) is 23.7 Å². The molecule has 7 nitrogen and oxygen atoms in total. The van der Waals surface area contributed by atoms with Crippen LogP contribution in [0.5, 0.6) is 0 Å². The van der Waals surface area contributed by atoms with Crippen LogP contribution in [-0.2, 0) is 0 Å².